The lowest BCUT2D eigenvalue weighted by atomic mass is 9.86. The van der Waals surface area contributed by atoms with Crippen molar-refractivity contribution < 1.29 is 19.4 Å². The van der Waals surface area contributed by atoms with E-state index in [2.05, 4.69) is 5.32 Å². The molecule has 2 rings (SSSR count). The number of benzene rings is 1. The summed E-state index contributed by atoms with van der Waals surface area (Å²) in [6.07, 6.45) is 0.850. The van der Waals surface area contributed by atoms with Crippen LogP contribution in [0.5, 0.6) is 5.75 Å². The predicted octanol–water partition coefficient (Wildman–Crippen LogP) is 2.13. The van der Waals surface area contributed by atoms with Crippen molar-refractivity contribution in [2.75, 3.05) is 19.0 Å². The van der Waals surface area contributed by atoms with Gasteiger partial charge in [-0.2, -0.15) is 0 Å². The summed E-state index contributed by atoms with van der Waals surface area (Å²) in [6.45, 7) is 2.35. The summed E-state index contributed by atoms with van der Waals surface area (Å²) in [5.41, 5.74) is -0.177. The fourth-order valence-corrected chi connectivity index (χ4v) is 2.40. The van der Waals surface area contributed by atoms with Gasteiger partial charge < -0.3 is 19.9 Å². The van der Waals surface area contributed by atoms with Crippen LogP contribution >= 0.6 is 0 Å². The molecule has 104 valence electrons. The van der Waals surface area contributed by atoms with Crippen molar-refractivity contribution in [2.45, 2.75) is 31.4 Å². The number of nitrogens with one attached hydrogen (secondary N) is 1. The highest BCUT2D eigenvalue weighted by molar-refractivity contribution is 5.83. The topological polar surface area (TPSA) is 67.8 Å². The normalized spacial score (nSPS) is 26.7. The van der Waals surface area contributed by atoms with E-state index in [1.54, 1.807) is 19.2 Å². The Morgan fingerprint density at radius 3 is 2.68 bits per heavy atom. The molecule has 0 radical (unpaired) electrons. The van der Waals surface area contributed by atoms with Crippen LogP contribution in [0.3, 0.4) is 0 Å². The molecular formula is C14H19NO4. The van der Waals surface area contributed by atoms with Crippen LogP contribution < -0.4 is 10.1 Å². The lowest BCUT2D eigenvalue weighted by Crippen LogP contribution is -2.52. The highest BCUT2D eigenvalue weighted by Crippen LogP contribution is 2.30. The van der Waals surface area contributed by atoms with Crippen LogP contribution in [-0.2, 0) is 9.53 Å². The Balaban J connectivity index is 2.18. The second-order valence-corrected chi connectivity index (χ2v) is 4.88. The number of anilines is 1. The highest BCUT2D eigenvalue weighted by Gasteiger charge is 2.42. The van der Waals surface area contributed by atoms with E-state index in [-0.39, 0.29) is 6.10 Å². The van der Waals surface area contributed by atoms with E-state index >= 15 is 0 Å². The zero-order valence-electron chi connectivity index (χ0n) is 11.2. The van der Waals surface area contributed by atoms with Gasteiger partial charge in [0.1, 0.15) is 11.3 Å². The minimum Gasteiger partial charge on any atom is -0.497 e. The average Bonchev–Trinajstić information content (AvgIpc) is 2.39. The van der Waals surface area contributed by atoms with Crippen LogP contribution in [0, 0.1) is 0 Å². The summed E-state index contributed by atoms with van der Waals surface area (Å²) >= 11 is 0. The van der Waals surface area contributed by atoms with E-state index in [1.165, 1.54) is 0 Å². The maximum atomic E-state index is 11.6. The summed E-state index contributed by atoms with van der Waals surface area (Å²) in [4.78, 5) is 11.6. The van der Waals surface area contributed by atoms with Crippen LogP contribution in [0.4, 0.5) is 5.69 Å². The minimum absolute atomic E-state index is 0.0596. The number of ether oxygens (including phenoxy) is 2. The maximum absolute atomic E-state index is 11.6. The molecule has 5 heteroatoms. The first-order valence-corrected chi connectivity index (χ1v) is 6.33. The molecule has 0 aromatic heterocycles. The van der Waals surface area contributed by atoms with Crippen LogP contribution in [0.25, 0.3) is 0 Å². The van der Waals surface area contributed by atoms with Gasteiger partial charge in [-0.25, -0.2) is 4.79 Å². The summed E-state index contributed by atoms with van der Waals surface area (Å²) in [5, 5.41) is 12.7. The number of carbonyl (C=O) groups is 1. The zero-order valence-corrected chi connectivity index (χ0v) is 11.2. The molecule has 5 nitrogen and oxygen atoms in total. The minimum atomic E-state index is -0.952. The van der Waals surface area contributed by atoms with E-state index in [4.69, 9.17) is 9.47 Å². The second-order valence-electron chi connectivity index (χ2n) is 4.88. The Kier molecular flexibility index (Phi) is 3.95. The van der Waals surface area contributed by atoms with Crippen molar-refractivity contribution in [1.29, 1.82) is 0 Å². The summed E-state index contributed by atoms with van der Waals surface area (Å²) in [6, 6.07) is 7.26. The number of hydrogen-bond acceptors (Lipinski definition) is 4. The van der Waals surface area contributed by atoms with Gasteiger partial charge in [0.2, 0.25) is 0 Å². The fourth-order valence-electron chi connectivity index (χ4n) is 2.40. The Labute approximate surface area is 112 Å². The monoisotopic (exact) mass is 265 g/mol. The van der Waals surface area contributed by atoms with E-state index in [1.807, 2.05) is 19.1 Å². The van der Waals surface area contributed by atoms with E-state index < -0.39 is 11.5 Å². The summed E-state index contributed by atoms with van der Waals surface area (Å²) < 4.78 is 10.5. The van der Waals surface area contributed by atoms with Crippen LogP contribution in [0.1, 0.15) is 19.8 Å². The third-order valence-corrected chi connectivity index (χ3v) is 3.45. The molecule has 2 N–H and O–H groups in total. The molecule has 1 aliphatic heterocycles. The van der Waals surface area contributed by atoms with Crippen molar-refractivity contribution >= 4 is 11.7 Å². The Bertz CT molecular complexity index is 445. The van der Waals surface area contributed by atoms with Crippen LogP contribution in [0.2, 0.25) is 0 Å². The van der Waals surface area contributed by atoms with Gasteiger partial charge in [-0.15, -0.1) is 0 Å². The lowest BCUT2D eigenvalue weighted by molar-refractivity contribution is -0.147. The fraction of sp³-hybridized carbons (Fsp3) is 0.500. The Morgan fingerprint density at radius 2 is 2.16 bits per heavy atom. The Hall–Kier alpha value is -1.75. The van der Waals surface area contributed by atoms with Gasteiger partial charge in [0.05, 0.1) is 13.2 Å². The van der Waals surface area contributed by atoms with E-state index in [0.717, 1.165) is 11.4 Å². The highest BCUT2D eigenvalue weighted by atomic mass is 16.5. The third-order valence-electron chi connectivity index (χ3n) is 3.45. The SMILES string of the molecule is COc1ccc(NC2(C(=O)O)CCOC(C)C2)cc1. The quantitative estimate of drug-likeness (QED) is 0.873. The standard InChI is InChI=1S/C14H19NO4/c1-10-9-14(13(16)17,7-8-19-10)15-11-3-5-12(18-2)6-4-11/h3-6,10,15H,7-9H2,1-2H3,(H,16,17). The van der Waals surface area contributed by atoms with Gasteiger partial charge in [0.15, 0.2) is 0 Å². The molecule has 0 bridgehead atoms. The summed E-state index contributed by atoms with van der Waals surface area (Å²) in [7, 11) is 1.60. The van der Waals surface area contributed by atoms with Gasteiger partial charge in [0, 0.05) is 25.1 Å². The number of carboxylic acid groups (broad SMARTS) is 1. The molecular weight excluding hydrogens is 246 g/mol. The molecule has 2 unspecified atom stereocenters. The smallest absolute Gasteiger partial charge is 0.329 e. The number of methoxy groups -OCH3 is 1. The Morgan fingerprint density at radius 1 is 1.47 bits per heavy atom. The number of rotatable bonds is 4. The van der Waals surface area contributed by atoms with Gasteiger partial charge in [-0.1, -0.05) is 0 Å². The molecule has 0 aliphatic carbocycles. The second kappa shape index (κ2) is 5.48. The average molecular weight is 265 g/mol. The molecule has 1 heterocycles. The molecule has 1 aliphatic rings. The number of carboxylic acids is 1. The van der Waals surface area contributed by atoms with Gasteiger partial charge in [-0.05, 0) is 31.2 Å². The first-order valence-electron chi connectivity index (χ1n) is 6.33. The number of hydrogen-bond donors (Lipinski definition) is 2. The van der Waals surface area contributed by atoms with Crippen molar-refractivity contribution in [3.63, 3.8) is 0 Å². The van der Waals surface area contributed by atoms with Gasteiger partial charge in [0.25, 0.3) is 0 Å². The first-order chi connectivity index (χ1) is 9.05. The molecule has 1 saturated heterocycles. The van der Waals surface area contributed by atoms with Crippen molar-refractivity contribution in [3.05, 3.63) is 24.3 Å². The first kappa shape index (κ1) is 13.7. The molecule has 1 aromatic carbocycles. The lowest BCUT2D eigenvalue weighted by Gasteiger charge is -2.37. The van der Waals surface area contributed by atoms with Crippen LogP contribution in [-0.4, -0.2) is 36.4 Å². The molecule has 2 atom stereocenters. The largest absolute Gasteiger partial charge is 0.497 e. The maximum Gasteiger partial charge on any atom is 0.329 e. The van der Waals surface area contributed by atoms with Crippen molar-refractivity contribution in [1.82, 2.24) is 0 Å². The van der Waals surface area contributed by atoms with Gasteiger partial charge >= 0.3 is 5.97 Å². The van der Waals surface area contributed by atoms with E-state index in [9.17, 15) is 9.90 Å². The van der Waals surface area contributed by atoms with Gasteiger partial charge in [-0.3, -0.25) is 0 Å². The van der Waals surface area contributed by atoms with Crippen LogP contribution in [0.15, 0.2) is 24.3 Å². The van der Waals surface area contributed by atoms with Crippen molar-refractivity contribution in [3.8, 4) is 5.75 Å². The third kappa shape index (κ3) is 2.98. The molecule has 19 heavy (non-hydrogen) atoms. The number of aliphatic carboxylic acids is 1. The van der Waals surface area contributed by atoms with Crippen molar-refractivity contribution in [2.24, 2.45) is 0 Å². The van der Waals surface area contributed by atoms with E-state index in [0.29, 0.717) is 19.4 Å². The molecule has 1 fully saturated rings. The molecule has 0 spiro atoms. The molecule has 0 saturated carbocycles. The zero-order chi connectivity index (χ0) is 13.9. The molecule has 0 amide bonds. The predicted molar refractivity (Wildman–Crippen MR) is 71.6 cm³/mol. The molecule has 1 aromatic rings. The summed E-state index contributed by atoms with van der Waals surface area (Å²) in [5.74, 6) is -0.0891.